The number of amides is 1. The molecule has 2 N–H and O–H groups in total. The Hall–Kier alpha value is -2.18. The highest BCUT2D eigenvalue weighted by Gasteiger charge is 2.28. The summed E-state index contributed by atoms with van der Waals surface area (Å²) in [5.41, 5.74) is 0.635. The van der Waals surface area contributed by atoms with E-state index in [2.05, 4.69) is 25.6 Å². The molecule has 2 heterocycles. The zero-order valence-electron chi connectivity index (χ0n) is 9.34. The summed E-state index contributed by atoms with van der Waals surface area (Å²) in [7, 11) is 1.79. The Balaban J connectivity index is 1.72. The van der Waals surface area contributed by atoms with Crippen molar-refractivity contribution in [3.8, 4) is 0 Å². The zero-order valence-corrected chi connectivity index (χ0v) is 9.34. The average molecular weight is 232 g/mol. The predicted molar refractivity (Wildman–Crippen MR) is 59.5 cm³/mol. The van der Waals surface area contributed by atoms with Gasteiger partial charge in [0.1, 0.15) is 5.82 Å². The number of carbonyl (C=O) groups is 1. The van der Waals surface area contributed by atoms with Gasteiger partial charge in [-0.3, -0.25) is 14.6 Å². The minimum absolute atomic E-state index is 0.177. The molecular formula is C10H12N6O. The molecule has 0 aromatic carbocycles. The largest absolute Gasteiger partial charge is 0.316 e. The molecule has 0 bridgehead atoms. The molecule has 0 atom stereocenters. The number of carbonyl (C=O) groups excluding carboxylic acids is 1. The number of hydrogen-bond donors (Lipinski definition) is 2. The number of nitrogens with zero attached hydrogens (tertiary/aromatic N) is 4. The van der Waals surface area contributed by atoms with E-state index in [-0.39, 0.29) is 11.7 Å². The van der Waals surface area contributed by atoms with Gasteiger partial charge in [-0.05, 0) is 12.8 Å². The second kappa shape index (κ2) is 3.69. The van der Waals surface area contributed by atoms with E-state index >= 15 is 0 Å². The van der Waals surface area contributed by atoms with Gasteiger partial charge in [-0.15, -0.1) is 5.10 Å². The summed E-state index contributed by atoms with van der Waals surface area (Å²) in [6.45, 7) is 0. The fourth-order valence-electron chi connectivity index (χ4n) is 1.59. The van der Waals surface area contributed by atoms with Crippen LogP contribution in [0, 0.1) is 0 Å². The molecule has 7 nitrogen and oxygen atoms in total. The molecule has 1 aliphatic carbocycles. The molecule has 88 valence electrons. The Morgan fingerprint density at radius 1 is 1.59 bits per heavy atom. The van der Waals surface area contributed by atoms with Gasteiger partial charge in [-0.25, -0.2) is 4.98 Å². The molecule has 0 radical (unpaired) electrons. The van der Waals surface area contributed by atoms with E-state index in [0.29, 0.717) is 11.6 Å². The minimum Gasteiger partial charge on any atom is -0.316 e. The maximum atomic E-state index is 11.8. The molecular weight excluding hydrogens is 220 g/mol. The van der Waals surface area contributed by atoms with Crippen molar-refractivity contribution in [2.45, 2.75) is 18.8 Å². The molecule has 2 aromatic rings. The summed E-state index contributed by atoms with van der Waals surface area (Å²) in [5.74, 6) is 1.13. The van der Waals surface area contributed by atoms with E-state index in [4.69, 9.17) is 0 Å². The van der Waals surface area contributed by atoms with E-state index in [1.54, 1.807) is 24.1 Å². The average Bonchev–Trinajstić information content (AvgIpc) is 2.88. The molecule has 1 aliphatic rings. The number of anilines is 1. The Morgan fingerprint density at radius 3 is 3.06 bits per heavy atom. The Kier molecular flexibility index (Phi) is 2.17. The summed E-state index contributed by atoms with van der Waals surface area (Å²) in [6.07, 6.45) is 5.54. The number of aromatic amines is 1. The zero-order chi connectivity index (χ0) is 11.8. The summed E-state index contributed by atoms with van der Waals surface area (Å²) in [4.78, 5) is 16.0. The Bertz CT molecular complexity index is 553. The van der Waals surface area contributed by atoms with Gasteiger partial charge in [0, 0.05) is 19.2 Å². The highest BCUT2D eigenvalue weighted by molar-refractivity contribution is 6.01. The van der Waals surface area contributed by atoms with Crippen LogP contribution in [0.4, 0.5) is 5.69 Å². The van der Waals surface area contributed by atoms with Gasteiger partial charge in [-0.1, -0.05) is 0 Å². The quantitative estimate of drug-likeness (QED) is 0.814. The first kappa shape index (κ1) is 10.0. The molecule has 0 unspecified atom stereocenters. The minimum atomic E-state index is -0.318. The van der Waals surface area contributed by atoms with Gasteiger partial charge in [0.05, 0.1) is 11.9 Å². The van der Waals surface area contributed by atoms with E-state index in [9.17, 15) is 4.79 Å². The Morgan fingerprint density at radius 2 is 2.41 bits per heavy atom. The number of rotatable bonds is 3. The maximum Gasteiger partial charge on any atom is 0.295 e. The first-order valence-corrected chi connectivity index (χ1v) is 5.44. The number of aromatic nitrogens is 5. The summed E-state index contributed by atoms with van der Waals surface area (Å²) in [6, 6.07) is 0. The van der Waals surface area contributed by atoms with Crippen LogP contribution in [-0.4, -0.2) is 30.9 Å². The highest BCUT2D eigenvalue weighted by Crippen LogP contribution is 2.37. The molecule has 1 fully saturated rings. The predicted octanol–water partition coefficient (Wildman–Crippen LogP) is 0.668. The van der Waals surface area contributed by atoms with Crippen LogP contribution in [0.2, 0.25) is 0 Å². The van der Waals surface area contributed by atoms with Crippen LogP contribution in [-0.2, 0) is 7.05 Å². The summed E-state index contributed by atoms with van der Waals surface area (Å²) >= 11 is 0. The lowest BCUT2D eigenvalue weighted by molar-refractivity contribution is 0.101. The highest BCUT2D eigenvalue weighted by atomic mass is 16.2. The molecule has 7 heteroatoms. The Labute approximate surface area is 97.2 Å². The van der Waals surface area contributed by atoms with Crippen LogP contribution in [0.1, 0.15) is 35.2 Å². The van der Waals surface area contributed by atoms with Crippen molar-refractivity contribution in [2.24, 2.45) is 7.05 Å². The lowest BCUT2D eigenvalue weighted by Gasteiger charge is -1.96. The van der Waals surface area contributed by atoms with Gasteiger partial charge in [0.25, 0.3) is 5.91 Å². The van der Waals surface area contributed by atoms with E-state index < -0.39 is 0 Å². The fraction of sp³-hybridized carbons (Fsp3) is 0.400. The van der Waals surface area contributed by atoms with Crippen LogP contribution in [0.5, 0.6) is 0 Å². The third kappa shape index (κ3) is 2.03. The van der Waals surface area contributed by atoms with Gasteiger partial charge >= 0.3 is 0 Å². The number of H-pyrrole nitrogens is 1. The van der Waals surface area contributed by atoms with Gasteiger partial charge < -0.3 is 5.32 Å². The van der Waals surface area contributed by atoms with E-state index in [1.165, 1.54) is 0 Å². The molecule has 0 saturated heterocycles. The molecule has 0 spiro atoms. The lowest BCUT2D eigenvalue weighted by Crippen LogP contribution is -2.13. The fourth-order valence-corrected chi connectivity index (χ4v) is 1.59. The molecule has 1 saturated carbocycles. The van der Waals surface area contributed by atoms with Crippen LogP contribution in [0.3, 0.4) is 0 Å². The van der Waals surface area contributed by atoms with Crippen LogP contribution in [0.25, 0.3) is 0 Å². The standard InChI is InChI=1S/C10H12N6O/c1-16-5-7(4-11-16)12-10(17)9-13-8(14-15-9)6-2-3-6/h4-6H,2-3H2,1H3,(H,12,17)(H,13,14,15). The second-order valence-electron chi connectivity index (χ2n) is 4.18. The molecule has 1 amide bonds. The summed E-state index contributed by atoms with van der Waals surface area (Å²) in [5, 5.41) is 13.3. The van der Waals surface area contributed by atoms with Crippen molar-refractivity contribution in [3.05, 3.63) is 24.0 Å². The van der Waals surface area contributed by atoms with Crippen molar-refractivity contribution in [1.29, 1.82) is 0 Å². The van der Waals surface area contributed by atoms with Gasteiger partial charge in [-0.2, -0.15) is 5.10 Å². The third-order valence-electron chi connectivity index (χ3n) is 2.63. The monoisotopic (exact) mass is 232 g/mol. The number of aryl methyl sites for hydroxylation is 1. The van der Waals surface area contributed by atoms with E-state index in [1.807, 2.05) is 0 Å². The maximum absolute atomic E-state index is 11.8. The molecule has 0 aliphatic heterocycles. The van der Waals surface area contributed by atoms with Gasteiger partial charge in [0.2, 0.25) is 5.82 Å². The molecule has 17 heavy (non-hydrogen) atoms. The third-order valence-corrected chi connectivity index (χ3v) is 2.63. The van der Waals surface area contributed by atoms with E-state index in [0.717, 1.165) is 18.7 Å². The normalized spacial score (nSPS) is 14.9. The second-order valence-corrected chi connectivity index (χ2v) is 4.18. The van der Waals surface area contributed by atoms with Gasteiger partial charge in [0.15, 0.2) is 0 Å². The van der Waals surface area contributed by atoms with Crippen LogP contribution in [0.15, 0.2) is 12.4 Å². The van der Waals surface area contributed by atoms with Crippen LogP contribution >= 0.6 is 0 Å². The van der Waals surface area contributed by atoms with Crippen molar-refractivity contribution in [2.75, 3.05) is 5.32 Å². The first-order valence-electron chi connectivity index (χ1n) is 5.44. The molecule has 3 rings (SSSR count). The topological polar surface area (TPSA) is 88.5 Å². The molecule has 2 aromatic heterocycles. The smallest absolute Gasteiger partial charge is 0.295 e. The number of hydrogen-bond acceptors (Lipinski definition) is 4. The van der Waals surface area contributed by atoms with Crippen LogP contribution < -0.4 is 5.32 Å². The van der Waals surface area contributed by atoms with Crippen molar-refractivity contribution in [3.63, 3.8) is 0 Å². The van der Waals surface area contributed by atoms with Crippen molar-refractivity contribution < 1.29 is 4.79 Å². The van der Waals surface area contributed by atoms with Crippen molar-refractivity contribution >= 4 is 11.6 Å². The van der Waals surface area contributed by atoms with Crippen molar-refractivity contribution in [1.82, 2.24) is 25.0 Å². The summed E-state index contributed by atoms with van der Waals surface area (Å²) < 4.78 is 1.61. The first-order chi connectivity index (χ1) is 8.22. The SMILES string of the molecule is Cn1cc(NC(=O)c2n[nH]c(C3CC3)n2)cn1. The lowest BCUT2D eigenvalue weighted by atomic mass is 10.4. The number of nitrogens with one attached hydrogen (secondary N) is 2.